The van der Waals surface area contributed by atoms with Gasteiger partial charge in [0.2, 0.25) is 0 Å². The lowest BCUT2D eigenvalue weighted by atomic mass is 9.63. The number of carboxylic acids is 2. The fourth-order valence-corrected chi connectivity index (χ4v) is 6.88. The minimum atomic E-state index is -1.24. The van der Waals surface area contributed by atoms with Crippen molar-refractivity contribution in [1.82, 2.24) is 0 Å². The molecule has 6 atom stereocenters. The third kappa shape index (κ3) is 2.03. The molecule has 0 aromatic carbocycles. The van der Waals surface area contributed by atoms with E-state index in [2.05, 4.69) is 0 Å². The lowest BCUT2D eigenvalue weighted by Crippen LogP contribution is -2.52. The zero-order valence-electron chi connectivity index (χ0n) is 15.7. The molecular weight excluding hydrogens is 352 g/mol. The number of hydrogen-bond donors (Lipinski definition) is 2. The molecular formula is C20H26O7. The predicted molar refractivity (Wildman–Crippen MR) is 91.4 cm³/mol. The number of ether oxygens (including phenoxy) is 1. The molecule has 0 aliphatic heterocycles. The van der Waals surface area contributed by atoms with Crippen LogP contribution in [0, 0.1) is 33.5 Å². The van der Waals surface area contributed by atoms with Crippen molar-refractivity contribution in [2.75, 3.05) is 0 Å². The van der Waals surface area contributed by atoms with Gasteiger partial charge >= 0.3 is 23.9 Å². The largest absolute Gasteiger partial charge is 0.481 e. The lowest BCUT2D eigenvalue weighted by Gasteiger charge is -2.41. The van der Waals surface area contributed by atoms with Gasteiger partial charge in [0.25, 0.3) is 0 Å². The second-order valence-electron chi connectivity index (χ2n) is 9.74. The highest BCUT2D eigenvalue weighted by atomic mass is 16.6. The second-order valence-corrected chi connectivity index (χ2v) is 9.74. The maximum Gasteiger partial charge on any atom is 0.320 e. The first-order chi connectivity index (χ1) is 12.5. The van der Waals surface area contributed by atoms with Crippen LogP contribution in [-0.4, -0.2) is 34.1 Å². The van der Waals surface area contributed by atoms with Crippen LogP contribution in [0.4, 0.5) is 0 Å². The van der Waals surface area contributed by atoms with E-state index in [9.17, 15) is 29.4 Å². The fourth-order valence-electron chi connectivity index (χ4n) is 6.88. The Morgan fingerprint density at radius 1 is 0.741 bits per heavy atom. The normalized spacial score (nSPS) is 47.2. The van der Waals surface area contributed by atoms with E-state index in [1.54, 1.807) is 13.8 Å². The molecule has 2 N–H and O–H groups in total. The Balaban J connectivity index is 1.63. The third-order valence-electron chi connectivity index (χ3n) is 8.65. The summed E-state index contributed by atoms with van der Waals surface area (Å²) < 4.78 is 5.35. The highest BCUT2D eigenvalue weighted by molar-refractivity contribution is 5.98. The van der Waals surface area contributed by atoms with E-state index in [1.165, 1.54) is 0 Å². The van der Waals surface area contributed by atoms with Crippen LogP contribution in [0.3, 0.4) is 0 Å². The maximum absolute atomic E-state index is 13.1. The van der Waals surface area contributed by atoms with E-state index >= 15 is 0 Å². The number of aliphatic carboxylic acids is 2. The summed E-state index contributed by atoms with van der Waals surface area (Å²) in [6.07, 6.45) is 3.98. The first kappa shape index (κ1) is 18.4. The van der Waals surface area contributed by atoms with Gasteiger partial charge in [-0.05, 0) is 77.0 Å². The van der Waals surface area contributed by atoms with Gasteiger partial charge in [0.1, 0.15) is 0 Å². The molecule has 4 fully saturated rings. The van der Waals surface area contributed by atoms with E-state index in [0.717, 1.165) is 12.8 Å². The van der Waals surface area contributed by atoms with Crippen molar-refractivity contribution in [2.45, 2.75) is 65.2 Å². The van der Waals surface area contributed by atoms with E-state index in [4.69, 9.17) is 4.74 Å². The van der Waals surface area contributed by atoms with Gasteiger partial charge in [-0.15, -0.1) is 0 Å². The third-order valence-corrected chi connectivity index (χ3v) is 8.65. The Morgan fingerprint density at radius 2 is 1.11 bits per heavy atom. The highest BCUT2D eigenvalue weighted by Gasteiger charge is 2.71. The van der Waals surface area contributed by atoms with Gasteiger partial charge in [-0.2, -0.15) is 0 Å². The van der Waals surface area contributed by atoms with Gasteiger partial charge in [0.05, 0.1) is 21.7 Å². The fraction of sp³-hybridized carbons (Fsp3) is 0.800. The van der Waals surface area contributed by atoms with Crippen LogP contribution in [0.1, 0.15) is 65.2 Å². The number of rotatable bonds is 4. The van der Waals surface area contributed by atoms with E-state index in [-0.39, 0.29) is 11.8 Å². The molecule has 4 rings (SSSR count). The molecule has 0 amide bonds. The number of fused-ring (bicyclic) bond motifs is 4. The topological polar surface area (TPSA) is 118 Å². The molecule has 148 valence electrons. The van der Waals surface area contributed by atoms with Gasteiger partial charge in [-0.1, -0.05) is 0 Å². The standard InChI is InChI=1S/C20H26O7/c1-17(13(21)22)7-11-3-5-19(17,9-11)15(25)27-16(26)20-6-4-12(10-20)8-18(20,2)14(23)24/h11-12H,3-10H2,1-2H3,(H,21,22)(H,23,24). The summed E-state index contributed by atoms with van der Waals surface area (Å²) in [6, 6.07) is 0. The van der Waals surface area contributed by atoms with Crippen LogP contribution in [0.5, 0.6) is 0 Å². The summed E-state index contributed by atoms with van der Waals surface area (Å²) in [7, 11) is 0. The van der Waals surface area contributed by atoms with Crippen molar-refractivity contribution in [3.05, 3.63) is 0 Å². The summed E-state index contributed by atoms with van der Waals surface area (Å²) in [5.41, 5.74) is -4.86. The number of esters is 2. The van der Waals surface area contributed by atoms with E-state index in [0.29, 0.717) is 38.5 Å². The van der Waals surface area contributed by atoms with Gasteiger partial charge in [-0.3, -0.25) is 19.2 Å². The molecule has 0 radical (unpaired) electrons. The molecule has 0 aromatic heterocycles. The summed E-state index contributed by atoms with van der Waals surface area (Å²) in [6.45, 7) is 3.14. The van der Waals surface area contributed by atoms with Crippen LogP contribution >= 0.6 is 0 Å². The Kier molecular flexibility index (Phi) is 3.64. The molecule has 0 heterocycles. The van der Waals surface area contributed by atoms with Gasteiger partial charge < -0.3 is 14.9 Å². The van der Waals surface area contributed by atoms with Crippen LogP contribution in [0.15, 0.2) is 0 Å². The second kappa shape index (κ2) is 5.32. The van der Waals surface area contributed by atoms with Crippen molar-refractivity contribution in [2.24, 2.45) is 33.5 Å². The minimum Gasteiger partial charge on any atom is -0.481 e. The zero-order valence-corrected chi connectivity index (χ0v) is 15.7. The number of carbonyl (C=O) groups excluding carboxylic acids is 2. The molecule has 4 saturated carbocycles. The van der Waals surface area contributed by atoms with Gasteiger partial charge in [0.15, 0.2) is 0 Å². The van der Waals surface area contributed by atoms with Crippen molar-refractivity contribution in [3.63, 3.8) is 0 Å². The molecule has 7 heteroatoms. The predicted octanol–water partition coefficient (Wildman–Crippen LogP) is 2.62. The molecule has 7 nitrogen and oxygen atoms in total. The van der Waals surface area contributed by atoms with Gasteiger partial charge in [0, 0.05) is 0 Å². The maximum atomic E-state index is 13.1. The Morgan fingerprint density at radius 3 is 1.41 bits per heavy atom. The molecule has 27 heavy (non-hydrogen) atoms. The minimum absolute atomic E-state index is 0.151. The van der Waals surface area contributed by atoms with Crippen molar-refractivity contribution in [1.29, 1.82) is 0 Å². The quantitative estimate of drug-likeness (QED) is 0.570. The molecule has 0 saturated heterocycles. The molecule has 0 spiro atoms. The van der Waals surface area contributed by atoms with Crippen molar-refractivity contribution >= 4 is 23.9 Å². The Hall–Kier alpha value is -1.92. The summed E-state index contributed by atoms with van der Waals surface area (Å²) in [5, 5.41) is 19.5. The average Bonchev–Trinajstić information content (AvgIpc) is 3.31. The highest BCUT2D eigenvalue weighted by Crippen LogP contribution is 2.67. The van der Waals surface area contributed by atoms with E-state index in [1.807, 2.05) is 0 Å². The number of hydrogen-bond acceptors (Lipinski definition) is 5. The molecule has 0 aromatic rings. The molecule has 4 aliphatic carbocycles. The average molecular weight is 378 g/mol. The Bertz CT molecular complexity index is 697. The summed E-state index contributed by atoms with van der Waals surface area (Å²) >= 11 is 0. The summed E-state index contributed by atoms with van der Waals surface area (Å²) in [5.74, 6) is -3.31. The van der Waals surface area contributed by atoms with Crippen molar-refractivity contribution in [3.8, 4) is 0 Å². The first-order valence-corrected chi connectivity index (χ1v) is 9.74. The Labute approximate surface area is 157 Å². The smallest absolute Gasteiger partial charge is 0.320 e. The lowest BCUT2D eigenvalue weighted by molar-refractivity contribution is -0.189. The van der Waals surface area contributed by atoms with E-state index < -0.39 is 45.5 Å². The van der Waals surface area contributed by atoms with Gasteiger partial charge in [-0.25, -0.2) is 0 Å². The zero-order chi connectivity index (χ0) is 19.8. The van der Waals surface area contributed by atoms with Crippen LogP contribution in [-0.2, 0) is 23.9 Å². The molecule has 4 aliphatic rings. The monoisotopic (exact) mass is 378 g/mol. The first-order valence-electron chi connectivity index (χ1n) is 9.74. The van der Waals surface area contributed by atoms with Crippen LogP contribution < -0.4 is 0 Å². The number of carboxylic acid groups (broad SMARTS) is 2. The summed E-state index contributed by atoms with van der Waals surface area (Å²) in [4.78, 5) is 50.0. The molecule has 4 bridgehead atoms. The van der Waals surface area contributed by atoms with Crippen molar-refractivity contribution < 1.29 is 34.1 Å². The molecule has 6 unspecified atom stereocenters. The number of carbonyl (C=O) groups is 4. The SMILES string of the molecule is CC1(C(=O)O)CC2CCC1(C(=O)OC(=O)C13CCC(CC1(C)C(=O)O)C3)C2. The van der Waals surface area contributed by atoms with Crippen LogP contribution in [0.25, 0.3) is 0 Å². The van der Waals surface area contributed by atoms with Crippen LogP contribution in [0.2, 0.25) is 0 Å².